The SMILES string of the molecule is C.C1CC2CC(C1)C2.C1CC2CC2C1.C1CC2CCC(C1)C2.C1CC2CCC(C1)C2.C1CC2CCC1CC2.C1CC2CCC1CC2.C1CCC2CCCC2C1.c1cc2c([nH]1)CCCC2.c1cn2c(n1)CCCC2. The summed E-state index contributed by atoms with van der Waals surface area (Å²) in [6.07, 6.45) is 77.4. The fourth-order valence-electron chi connectivity index (χ4n) is 18.6. The molecule has 0 saturated heterocycles. The number of hydrogen-bond acceptors (Lipinski definition) is 1. The zero-order valence-corrected chi connectivity index (χ0v) is 47.2. The fourth-order valence-corrected chi connectivity index (χ4v) is 18.6. The van der Waals surface area contributed by atoms with Crippen LogP contribution in [0.5, 0.6) is 0 Å². The van der Waals surface area contributed by atoms with Crippen LogP contribution in [0.15, 0.2) is 24.7 Å². The Bertz CT molecular complexity index is 1500. The van der Waals surface area contributed by atoms with E-state index >= 15 is 0 Å². The number of H-pyrrole nitrogens is 1. The minimum atomic E-state index is 0. The smallest absolute Gasteiger partial charge is 0.108 e. The maximum absolute atomic E-state index is 4.22. The van der Waals surface area contributed by atoms with Gasteiger partial charge >= 0.3 is 0 Å². The van der Waals surface area contributed by atoms with E-state index in [1.54, 1.807) is 217 Å². The van der Waals surface area contributed by atoms with Crippen LogP contribution in [0.4, 0.5) is 0 Å². The summed E-state index contributed by atoms with van der Waals surface area (Å²) in [5.74, 6) is 17.6. The predicted molar refractivity (Wildman–Crippen MR) is 313 cm³/mol. The van der Waals surface area contributed by atoms with Gasteiger partial charge in [-0.3, -0.25) is 0 Å². The highest BCUT2D eigenvalue weighted by Crippen LogP contribution is 2.51. The lowest BCUT2D eigenvalue weighted by atomic mass is 9.65. The van der Waals surface area contributed by atoms with Crippen LogP contribution in [-0.2, 0) is 25.8 Å². The number of aryl methyl sites for hydroxylation is 4. The number of rotatable bonds is 0. The molecular weight excluding hydrogens is 883 g/mol. The largest absolute Gasteiger partial charge is 0.365 e. The summed E-state index contributed by atoms with van der Waals surface area (Å²) >= 11 is 0. The zero-order chi connectivity index (χ0) is 48.6. The first kappa shape index (κ1) is 56.2. The highest BCUT2D eigenvalue weighted by atomic mass is 15.1. The van der Waals surface area contributed by atoms with Gasteiger partial charge in [-0.05, 0) is 165 Å². The Morgan fingerprint density at radius 3 is 1.11 bits per heavy atom. The normalized spacial score (nSPS) is 38.1. The van der Waals surface area contributed by atoms with E-state index in [0.717, 1.165) is 47.3 Å². The minimum Gasteiger partial charge on any atom is -0.365 e. The summed E-state index contributed by atoms with van der Waals surface area (Å²) in [5, 5.41) is 0. The van der Waals surface area contributed by atoms with E-state index in [1.807, 2.05) is 6.20 Å². The second-order valence-electron chi connectivity index (χ2n) is 28.6. The Kier molecular flexibility index (Phi) is 23.1. The molecule has 3 heterocycles. The van der Waals surface area contributed by atoms with Crippen molar-refractivity contribution in [2.24, 2.45) is 82.9 Å². The lowest BCUT2D eigenvalue weighted by Gasteiger charge is -2.40. The molecule has 17 fully saturated rings. The van der Waals surface area contributed by atoms with Gasteiger partial charge in [0.2, 0.25) is 0 Å². The second-order valence-corrected chi connectivity index (χ2v) is 28.6. The Hall–Kier alpha value is -1.51. The standard InChI is InChI=1S/C9H16.C8H11N.4C8H14.C7H10N2.C7H12.C6H10.CH4/c1-2-5-9-7-3-6-8(9)4-1;1-2-4-8-7(3-1)5-6-9-8;2*1-2-8-5-3-7(1)4-6-8;2*1-2-7-4-5-8(3-1)6-7;1-2-5-9-6-4-8-7(9)3-1;1-2-6-4-7(3-1)5-6;1-2-5-4-6(5)3-1;/h8-9H,1-7H2;5-6,9H,1-4H2;4*7-8H,1-6H2;4,6H,1-3,5H2;6-7H,1-5H2;5-6H,1-4H2;1H4. The molecule has 21 rings (SSSR count). The van der Waals surface area contributed by atoms with Gasteiger partial charge in [0.15, 0.2) is 0 Å². The molecule has 414 valence electrons. The summed E-state index contributed by atoms with van der Waals surface area (Å²) in [4.78, 5) is 7.48. The van der Waals surface area contributed by atoms with Crippen molar-refractivity contribution in [3.63, 3.8) is 0 Å². The zero-order valence-electron chi connectivity index (χ0n) is 47.2. The van der Waals surface area contributed by atoms with Gasteiger partial charge in [0.05, 0.1) is 0 Å². The third kappa shape index (κ3) is 18.0. The third-order valence-electron chi connectivity index (χ3n) is 23.5. The number of nitrogens with one attached hydrogen (secondary N) is 1. The van der Waals surface area contributed by atoms with E-state index in [9.17, 15) is 0 Å². The van der Waals surface area contributed by atoms with Crippen LogP contribution < -0.4 is 0 Å². The minimum absolute atomic E-state index is 0. The van der Waals surface area contributed by atoms with Crippen molar-refractivity contribution < 1.29 is 0 Å². The molecule has 0 amide bonds. The highest BCUT2D eigenvalue weighted by Gasteiger charge is 2.40. The third-order valence-corrected chi connectivity index (χ3v) is 23.5. The topological polar surface area (TPSA) is 33.6 Å². The van der Waals surface area contributed by atoms with E-state index in [2.05, 4.69) is 33.0 Å². The van der Waals surface area contributed by atoms with Gasteiger partial charge in [-0.2, -0.15) is 0 Å². The number of imidazole rings is 1. The molecule has 2 aromatic rings. The molecule has 0 radical (unpaired) electrons. The molecule has 3 nitrogen and oxygen atoms in total. The molecule has 10 bridgehead atoms. The van der Waals surface area contributed by atoms with Crippen LogP contribution in [0.25, 0.3) is 0 Å². The molecule has 3 heteroatoms. The van der Waals surface area contributed by atoms with Crippen LogP contribution in [0.3, 0.4) is 0 Å². The molecule has 18 aliphatic carbocycles. The average molecular weight is 1000 g/mol. The molecule has 8 unspecified atom stereocenters. The highest BCUT2D eigenvalue weighted by molar-refractivity contribution is 5.22. The van der Waals surface area contributed by atoms with Crippen molar-refractivity contribution in [1.29, 1.82) is 0 Å². The van der Waals surface area contributed by atoms with Gasteiger partial charge in [-0.1, -0.05) is 232 Å². The number of aromatic nitrogens is 3. The van der Waals surface area contributed by atoms with Gasteiger partial charge in [-0.15, -0.1) is 0 Å². The first-order valence-corrected chi connectivity index (χ1v) is 33.8. The van der Waals surface area contributed by atoms with Crippen LogP contribution >= 0.6 is 0 Å². The Morgan fingerprint density at radius 1 is 0.342 bits per heavy atom. The summed E-state index contributed by atoms with van der Waals surface area (Å²) in [5.41, 5.74) is 3.02. The Morgan fingerprint density at radius 2 is 0.726 bits per heavy atom. The van der Waals surface area contributed by atoms with Gasteiger partial charge < -0.3 is 9.55 Å². The molecule has 2 aromatic heterocycles. The maximum atomic E-state index is 4.22. The number of aromatic amines is 1. The van der Waals surface area contributed by atoms with Crippen molar-refractivity contribution >= 4 is 0 Å². The summed E-state index contributed by atoms with van der Waals surface area (Å²) in [6.45, 7) is 1.18. The first-order valence-electron chi connectivity index (χ1n) is 33.8. The molecule has 19 aliphatic rings. The summed E-state index contributed by atoms with van der Waals surface area (Å²) < 4.78 is 2.24. The summed E-state index contributed by atoms with van der Waals surface area (Å²) in [7, 11) is 0. The van der Waals surface area contributed by atoms with Crippen molar-refractivity contribution in [3.05, 3.63) is 41.7 Å². The predicted octanol–water partition coefficient (Wildman–Crippen LogP) is 21.1. The molecule has 1 N–H and O–H groups in total. The van der Waals surface area contributed by atoms with E-state index < -0.39 is 0 Å². The Balaban J connectivity index is 0.000000101. The van der Waals surface area contributed by atoms with Gasteiger partial charge in [0.25, 0.3) is 0 Å². The maximum Gasteiger partial charge on any atom is 0.108 e. The monoisotopic (exact) mass is 1000 g/mol. The van der Waals surface area contributed by atoms with Crippen LogP contribution in [0.2, 0.25) is 0 Å². The van der Waals surface area contributed by atoms with E-state index in [4.69, 9.17) is 0 Å². The average Bonchev–Trinajstić information content (AvgIpc) is 4.22. The van der Waals surface area contributed by atoms with Crippen LogP contribution in [-0.4, -0.2) is 14.5 Å². The summed E-state index contributed by atoms with van der Waals surface area (Å²) in [6, 6.07) is 2.20. The fraction of sp³-hybridized carbons (Fsp3) is 0.900. The van der Waals surface area contributed by atoms with E-state index in [-0.39, 0.29) is 7.43 Å². The Labute approximate surface area is 452 Å². The molecule has 17 saturated carbocycles. The van der Waals surface area contributed by atoms with Crippen molar-refractivity contribution in [1.82, 2.24) is 14.5 Å². The van der Waals surface area contributed by atoms with E-state index in [0.29, 0.717) is 0 Å². The molecule has 73 heavy (non-hydrogen) atoms. The van der Waals surface area contributed by atoms with Gasteiger partial charge in [0, 0.05) is 37.3 Å². The quantitative estimate of drug-likeness (QED) is 0.280. The molecular formula is C70H119N3. The second kappa shape index (κ2) is 30.0. The van der Waals surface area contributed by atoms with Crippen molar-refractivity contribution in [3.8, 4) is 0 Å². The van der Waals surface area contributed by atoms with Gasteiger partial charge in [-0.25, -0.2) is 4.98 Å². The first-order chi connectivity index (χ1) is 35.6. The van der Waals surface area contributed by atoms with Crippen LogP contribution in [0, 0.1) is 82.9 Å². The number of fused-ring (bicyclic) bond motifs is 16. The molecule has 1 aliphatic heterocycles. The van der Waals surface area contributed by atoms with Crippen molar-refractivity contribution in [2.75, 3.05) is 0 Å². The van der Waals surface area contributed by atoms with E-state index in [1.165, 1.54) is 143 Å². The molecule has 0 spiro atoms. The van der Waals surface area contributed by atoms with Crippen molar-refractivity contribution in [2.45, 2.75) is 316 Å². The lowest BCUT2D eigenvalue weighted by Crippen LogP contribution is -2.28. The number of hydrogen-bond donors (Lipinski definition) is 1. The number of nitrogens with zero attached hydrogens (tertiary/aromatic N) is 2. The van der Waals surface area contributed by atoms with Gasteiger partial charge in [0.1, 0.15) is 5.82 Å². The molecule has 8 atom stereocenters. The lowest BCUT2D eigenvalue weighted by molar-refractivity contribution is 0.116. The molecule has 0 aromatic carbocycles. The van der Waals surface area contributed by atoms with Crippen LogP contribution in [0.1, 0.15) is 307 Å².